The summed E-state index contributed by atoms with van der Waals surface area (Å²) in [7, 11) is 1.80. The quantitative estimate of drug-likeness (QED) is 0.752. The van der Waals surface area contributed by atoms with Crippen LogP contribution in [-0.4, -0.2) is 20.9 Å². The van der Waals surface area contributed by atoms with Gasteiger partial charge in [0.2, 0.25) is 0 Å². The molecule has 0 fully saturated rings. The second-order valence-electron chi connectivity index (χ2n) is 3.27. The smallest absolute Gasteiger partial charge is 0.170 e. The molecule has 0 aliphatic heterocycles. The maximum absolute atomic E-state index is 10.5. The van der Waals surface area contributed by atoms with Crippen LogP contribution in [0.5, 0.6) is 5.75 Å². The van der Waals surface area contributed by atoms with Gasteiger partial charge in [-0.25, -0.2) is 4.98 Å². The molecular formula is C11H10N2O2. The summed E-state index contributed by atoms with van der Waals surface area (Å²) in [5.41, 5.74) is 1.17. The lowest BCUT2D eigenvalue weighted by Gasteiger charge is -2.01. The van der Waals surface area contributed by atoms with Crippen LogP contribution < -0.4 is 0 Å². The van der Waals surface area contributed by atoms with Crippen molar-refractivity contribution in [1.82, 2.24) is 9.55 Å². The molecule has 2 aromatic rings. The minimum atomic E-state index is 0.183. The SMILES string of the molecule is Cn1cc(C=O)nc1-c1cccc(O)c1. The van der Waals surface area contributed by atoms with Gasteiger partial charge in [-0.3, -0.25) is 4.79 Å². The first-order chi connectivity index (χ1) is 7.20. The van der Waals surface area contributed by atoms with Crippen LogP contribution in [0.2, 0.25) is 0 Å². The molecule has 15 heavy (non-hydrogen) atoms. The Labute approximate surface area is 86.8 Å². The lowest BCUT2D eigenvalue weighted by molar-refractivity contribution is 0.111. The van der Waals surface area contributed by atoms with Crippen LogP contribution in [-0.2, 0) is 7.05 Å². The fourth-order valence-electron chi connectivity index (χ4n) is 1.46. The summed E-state index contributed by atoms with van der Waals surface area (Å²) >= 11 is 0. The zero-order valence-corrected chi connectivity index (χ0v) is 8.21. The number of aryl methyl sites for hydroxylation is 1. The number of aromatic hydroxyl groups is 1. The van der Waals surface area contributed by atoms with E-state index in [1.807, 2.05) is 6.07 Å². The Kier molecular flexibility index (Phi) is 2.25. The molecule has 0 spiro atoms. The van der Waals surface area contributed by atoms with E-state index >= 15 is 0 Å². The molecule has 0 saturated heterocycles. The average molecular weight is 202 g/mol. The molecule has 0 bridgehead atoms. The highest BCUT2D eigenvalue weighted by Crippen LogP contribution is 2.21. The van der Waals surface area contributed by atoms with Crippen LogP contribution in [0.3, 0.4) is 0 Å². The van der Waals surface area contributed by atoms with Crippen LogP contribution in [0.15, 0.2) is 30.5 Å². The first-order valence-corrected chi connectivity index (χ1v) is 4.48. The van der Waals surface area contributed by atoms with Crippen molar-refractivity contribution < 1.29 is 9.90 Å². The largest absolute Gasteiger partial charge is 0.508 e. The van der Waals surface area contributed by atoms with Crippen molar-refractivity contribution in [2.24, 2.45) is 7.05 Å². The fourth-order valence-corrected chi connectivity index (χ4v) is 1.46. The number of aldehydes is 1. The normalized spacial score (nSPS) is 10.2. The Morgan fingerprint density at radius 3 is 2.87 bits per heavy atom. The number of imidazole rings is 1. The monoisotopic (exact) mass is 202 g/mol. The molecular weight excluding hydrogens is 192 g/mol. The topological polar surface area (TPSA) is 55.1 Å². The number of carbonyl (C=O) groups is 1. The van der Waals surface area contributed by atoms with Crippen molar-refractivity contribution in [2.75, 3.05) is 0 Å². The summed E-state index contributed by atoms with van der Waals surface area (Å²) in [6, 6.07) is 6.76. The summed E-state index contributed by atoms with van der Waals surface area (Å²) in [6.45, 7) is 0. The van der Waals surface area contributed by atoms with Crippen LogP contribution in [0.4, 0.5) is 0 Å². The molecule has 0 atom stereocenters. The van der Waals surface area contributed by atoms with Crippen LogP contribution >= 0.6 is 0 Å². The number of hydrogen-bond donors (Lipinski definition) is 1. The van der Waals surface area contributed by atoms with E-state index in [1.54, 1.807) is 36.0 Å². The highest BCUT2D eigenvalue weighted by atomic mass is 16.3. The van der Waals surface area contributed by atoms with Crippen LogP contribution in [0.1, 0.15) is 10.5 Å². The van der Waals surface area contributed by atoms with Gasteiger partial charge >= 0.3 is 0 Å². The van der Waals surface area contributed by atoms with Crippen LogP contribution in [0, 0.1) is 0 Å². The molecule has 1 aromatic heterocycles. The third-order valence-corrected chi connectivity index (χ3v) is 2.12. The van der Waals surface area contributed by atoms with Gasteiger partial charge in [-0.05, 0) is 12.1 Å². The molecule has 0 aliphatic carbocycles. The van der Waals surface area contributed by atoms with Crippen molar-refractivity contribution in [3.63, 3.8) is 0 Å². The number of phenolic OH excluding ortho intramolecular Hbond substituents is 1. The molecule has 0 radical (unpaired) electrons. The molecule has 4 nitrogen and oxygen atoms in total. The van der Waals surface area contributed by atoms with Crippen molar-refractivity contribution in [2.45, 2.75) is 0 Å². The maximum Gasteiger partial charge on any atom is 0.170 e. The molecule has 76 valence electrons. The summed E-state index contributed by atoms with van der Waals surface area (Å²) in [5, 5.41) is 9.32. The van der Waals surface area contributed by atoms with Crippen LogP contribution in [0.25, 0.3) is 11.4 Å². The van der Waals surface area contributed by atoms with Gasteiger partial charge in [0, 0.05) is 18.8 Å². The number of nitrogens with zero attached hydrogens (tertiary/aromatic N) is 2. The first kappa shape index (κ1) is 9.45. The lowest BCUT2D eigenvalue weighted by Crippen LogP contribution is -1.90. The Balaban J connectivity index is 2.53. The van der Waals surface area contributed by atoms with E-state index in [1.165, 1.54) is 0 Å². The Morgan fingerprint density at radius 2 is 2.27 bits per heavy atom. The van der Waals surface area contributed by atoms with Crippen molar-refractivity contribution >= 4 is 6.29 Å². The van der Waals surface area contributed by atoms with Gasteiger partial charge in [-0.2, -0.15) is 0 Å². The predicted octanol–water partition coefficient (Wildman–Crippen LogP) is 1.61. The van der Waals surface area contributed by atoms with Gasteiger partial charge in [0.1, 0.15) is 17.3 Å². The van der Waals surface area contributed by atoms with E-state index < -0.39 is 0 Å². The summed E-state index contributed by atoms with van der Waals surface area (Å²) in [4.78, 5) is 14.7. The van der Waals surface area contributed by atoms with Crippen molar-refractivity contribution in [3.05, 3.63) is 36.2 Å². The van der Waals surface area contributed by atoms with E-state index in [0.717, 1.165) is 5.56 Å². The van der Waals surface area contributed by atoms with Gasteiger partial charge < -0.3 is 9.67 Å². The minimum absolute atomic E-state index is 0.183. The zero-order chi connectivity index (χ0) is 10.8. The lowest BCUT2D eigenvalue weighted by atomic mass is 10.2. The zero-order valence-electron chi connectivity index (χ0n) is 8.21. The highest BCUT2D eigenvalue weighted by molar-refractivity contribution is 5.73. The number of rotatable bonds is 2. The Morgan fingerprint density at radius 1 is 1.47 bits per heavy atom. The predicted molar refractivity (Wildman–Crippen MR) is 55.7 cm³/mol. The summed E-state index contributed by atoms with van der Waals surface area (Å²) in [6.07, 6.45) is 2.35. The average Bonchev–Trinajstić information content (AvgIpc) is 2.60. The molecule has 1 heterocycles. The van der Waals surface area contributed by atoms with Gasteiger partial charge in [0.15, 0.2) is 6.29 Å². The fraction of sp³-hybridized carbons (Fsp3) is 0.0909. The number of hydrogen-bond acceptors (Lipinski definition) is 3. The molecule has 0 saturated carbocycles. The standard InChI is InChI=1S/C11H10N2O2/c1-13-6-9(7-14)12-11(13)8-3-2-4-10(15)5-8/h2-7,15H,1H3. The number of aromatic nitrogens is 2. The van der Waals surface area contributed by atoms with E-state index in [4.69, 9.17) is 0 Å². The molecule has 1 N–H and O–H groups in total. The molecule has 0 aliphatic rings. The van der Waals surface area contributed by atoms with E-state index in [2.05, 4.69) is 4.98 Å². The Bertz CT molecular complexity index is 503. The number of carbonyl (C=O) groups excluding carboxylic acids is 1. The van der Waals surface area contributed by atoms with E-state index in [0.29, 0.717) is 17.8 Å². The molecule has 0 amide bonds. The summed E-state index contributed by atoms with van der Waals surface area (Å²) < 4.78 is 1.75. The molecule has 1 aromatic carbocycles. The molecule has 0 unspecified atom stereocenters. The molecule has 2 rings (SSSR count). The van der Waals surface area contributed by atoms with Crippen molar-refractivity contribution in [1.29, 1.82) is 0 Å². The van der Waals surface area contributed by atoms with Gasteiger partial charge in [0.05, 0.1) is 0 Å². The van der Waals surface area contributed by atoms with E-state index in [9.17, 15) is 9.90 Å². The second-order valence-corrected chi connectivity index (χ2v) is 3.27. The third kappa shape index (κ3) is 1.74. The van der Waals surface area contributed by atoms with Crippen molar-refractivity contribution in [3.8, 4) is 17.1 Å². The minimum Gasteiger partial charge on any atom is -0.508 e. The maximum atomic E-state index is 10.5. The van der Waals surface area contributed by atoms with Gasteiger partial charge in [-0.15, -0.1) is 0 Å². The number of phenols is 1. The van der Waals surface area contributed by atoms with Gasteiger partial charge in [-0.1, -0.05) is 12.1 Å². The third-order valence-electron chi connectivity index (χ3n) is 2.12. The second kappa shape index (κ2) is 3.57. The van der Waals surface area contributed by atoms with Gasteiger partial charge in [0.25, 0.3) is 0 Å². The highest BCUT2D eigenvalue weighted by Gasteiger charge is 2.07. The number of benzene rings is 1. The summed E-state index contributed by atoms with van der Waals surface area (Å²) in [5.74, 6) is 0.844. The Hall–Kier alpha value is -2.10. The first-order valence-electron chi connectivity index (χ1n) is 4.48. The molecule has 4 heteroatoms. The van der Waals surface area contributed by atoms with E-state index in [-0.39, 0.29) is 5.75 Å².